The van der Waals surface area contributed by atoms with Gasteiger partial charge in [0.1, 0.15) is 19.0 Å². The van der Waals surface area contributed by atoms with Gasteiger partial charge in [-0.25, -0.2) is 4.98 Å². The fourth-order valence-corrected chi connectivity index (χ4v) is 4.70. The van der Waals surface area contributed by atoms with E-state index in [0.29, 0.717) is 41.7 Å². The summed E-state index contributed by atoms with van der Waals surface area (Å²) in [6, 6.07) is 11.6. The highest BCUT2D eigenvalue weighted by Crippen LogP contribution is 2.38. The first-order valence-electron chi connectivity index (χ1n) is 10.4. The summed E-state index contributed by atoms with van der Waals surface area (Å²) in [5.74, 6) is 2.49. The van der Waals surface area contributed by atoms with E-state index in [9.17, 15) is 4.79 Å². The number of H-pyrrole nitrogens is 1. The van der Waals surface area contributed by atoms with E-state index in [1.54, 1.807) is 12.1 Å². The molecule has 1 saturated heterocycles. The number of Topliss-reactive ketones (excluding diaryl/α,β-unsaturated/α-hetero) is 1. The Morgan fingerprint density at radius 3 is 2.80 bits per heavy atom. The Balaban J connectivity index is 1.33. The third-order valence-corrected chi connectivity index (χ3v) is 6.42. The molecule has 1 fully saturated rings. The monoisotopic (exact) mass is 425 g/mol. The summed E-state index contributed by atoms with van der Waals surface area (Å²) in [5, 5.41) is 0.422. The van der Waals surface area contributed by atoms with Crippen LogP contribution in [0.1, 0.15) is 41.5 Å². The first-order valence-corrected chi connectivity index (χ1v) is 10.7. The maximum atomic E-state index is 13.1. The van der Waals surface area contributed by atoms with Crippen molar-refractivity contribution in [1.29, 1.82) is 0 Å². The Labute approximate surface area is 180 Å². The molecular weight excluding hydrogens is 402 g/mol. The van der Waals surface area contributed by atoms with Gasteiger partial charge in [0.2, 0.25) is 0 Å². The zero-order valence-electron chi connectivity index (χ0n) is 16.9. The first-order chi connectivity index (χ1) is 14.6. The van der Waals surface area contributed by atoms with Crippen LogP contribution in [0.25, 0.3) is 11.0 Å². The number of para-hydroxylation sites is 2. The lowest BCUT2D eigenvalue weighted by Crippen LogP contribution is -2.35. The molecule has 0 radical (unpaired) electrons. The number of aromatic nitrogens is 2. The number of rotatable bonds is 4. The number of fused-ring (bicyclic) bond motifs is 2. The predicted molar refractivity (Wildman–Crippen MR) is 116 cm³/mol. The molecule has 0 spiro atoms. The smallest absolute Gasteiger partial charge is 0.164 e. The van der Waals surface area contributed by atoms with E-state index < -0.39 is 0 Å². The van der Waals surface area contributed by atoms with Crippen LogP contribution in [0.5, 0.6) is 11.5 Å². The summed E-state index contributed by atoms with van der Waals surface area (Å²) in [6.07, 6.45) is 2.31. The molecule has 7 heteroatoms. The molecule has 2 aliphatic heterocycles. The molecular formula is C23H24ClN3O3. The molecule has 156 valence electrons. The number of halogens is 1. The van der Waals surface area contributed by atoms with Crippen LogP contribution in [0.15, 0.2) is 36.4 Å². The fraction of sp³-hybridized carbons (Fsp3) is 0.391. The Bertz CT molecular complexity index is 1060. The highest BCUT2D eigenvalue weighted by atomic mass is 35.5. The van der Waals surface area contributed by atoms with Gasteiger partial charge in [-0.3, -0.25) is 9.69 Å². The van der Waals surface area contributed by atoms with Crippen LogP contribution < -0.4 is 9.47 Å². The van der Waals surface area contributed by atoms with Gasteiger partial charge in [-0.1, -0.05) is 23.7 Å². The summed E-state index contributed by atoms with van der Waals surface area (Å²) in [7, 11) is 2.12. The first kappa shape index (κ1) is 19.4. The summed E-state index contributed by atoms with van der Waals surface area (Å²) >= 11 is 6.39. The standard InChI is InChI=1S/C23H24ClN3O3/c1-27-7-6-14(10-19(27)23-25-17-4-2-3-5-18(17)26-23)11-20(28)15-12-21-22(13-16(15)24)30-9-8-29-21/h2-5,12-14,19H,6-11H2,1H3,(H,25,26)/t14-,19-/m1/s1. The van der Waals surface area contributed by atoms with Crippen molar-refractivity contribution >= 4 is 28.4 Å². The van der Waals surface area contributed by atoms with E-state index in [4.69, 9.17) is 26.1 Å². The van der Waals surface area contributed by atoms with Gasteiger partial charge in [0.05, 0.1) is 22.1 Å². The third kappa shape index (κ3) is 3.66. The molecule has 5 rings (SSSR count). The second kappa shape index (κ2) is 7.93. The van der Waals surface area contributed by atoms with Gasteiger partial charge >= 0.3 is 0 Å². The number of likely N-dealkylation sites (tertiary alicyclic amines) is 1. The summed E-state index contributed by atoms with van der Waals surface area (Å²) in [4.78, 5) is 23.6. The van der Waals surface area contributed by atoms with E-state index in [1.165, 1.54) is 0 Å². The maximum absolute atomic E-state index is 13.1. The number of hydrogen-bond acceptors (Lipinski definition) is 5. The summed E-state index contributed by atoms with van der Waals surface area (Å²) in [6.45, 7) is 1.90. The number of ether oxygens (including phenoxy) is 2. The topological polar surface area (TPSA) is 67.5 Å². The predicted octanol–water partition coefficient (Wildman–Crippen LogP) is 4.64. The summed E-state index contributed by atoms with van der Waals surface area (Å²) in [5.41, 5.74) is 2.53. The second-order valence-electron chi connectivity index (χ2n) is 8.13. The molecule has 1 aromatic heterocycles. The van der Waals surface area contributed by atoms with Crippen molar-refractivity contribution in [2.45, 2.75) is 25.3 Å². The minimum Gasteiger partial charge on any atom is -0.486 e. The van der Waals surface area contributed by atoms with Gasteiger partial charge < -0.3 is 14.5 Å². The number of benzene rings is 2. The van der Waals surface area contributed by atoms with Crippen molar-refractivity contribution in [1.82, 2.24) is 14.9 Å². The van der Waals surface area contributed by atoms with Crippen molar-refractivity contribution in [3.8, 4) is 11.5 Å². The number of carbonyl (C=O) groups is 1. The maximum Gasteiger partial charge on any atom is 0.164 e. The molecule has 1 N–H and O–H groups in total. The van der Waals surface area contributed by atoms with E-state index in [1.807, 2.05) is 24.3 Å². The van der Waals surface area contributed by atoms with E-state index in [2.05, 4.69) is 16.9 Å². The second-order valence-corrected chi connectivity index (χ2v) is 8.54. The Morgan fingerprint density at radius 2 is 2.00 bits per heavy atom. The SMILES string of the molecule is CN1CC[C@@H](CC(=O)c2cc3c(cc2Cl)OCCO3)C[C@@H]1c1nc2ccccc2[nH]1. The molecule has 30 heavy (non-hydrogen) atoms. The molecule has 0 unspecified atom stereocenters. The quantitative estimate of drug-likeness (QED) is 0.616. The highest BCUT2D eigenvalue weighted by molar-refractivity contribution is 6.34. The van der Waals surface area contributed by atoms with Crippen LogP contribution in [0.4, 0.5) is 0 Å². The number of aromatic amines is 1. The number of carbonyl (C=O) groups excluding carboxylic acids is 1. The van der Waals surface area contributed by atoms with Crippen LogP contribution in [0.3, 0.4) is 0 Å². The largest absolute Gasteiger partial charge is 0.486 e. The molecule has 2 aliphatic rings. The zero-order valence-corrected chi connectivity index (χ0v) is 17.6. The molecule has 3 aromatic rings. The van der Waals surface area contributed by atoms with Gasteiger partial charge in [-0.15, -0.1) is 0 Å². The van der Waals surface area contributed by atoms with Crippen LogP contribution in [-0.4, -0.2) is 47.5 Å². The van der Waals surface area contributed by atoms with E-state index in [0.717, 1.165) is 36.2 Å². The number of ketones is 1. The number of nitrogens with one attached hydrogen (secondary N) is 1. The lowest BCUT2D eigenvalue weighted by Gasteiger charge is -2.35. The molecule has 2 atom stereocenters. The molecule has 6 nitrogen and oxygen atoms in total. The molecule has 0 bridgehead atoms. The van der Waals surface area contributed by atoms with Gasteiger partial charge in [-0.05, 0) is 50.6 Å². The van der Waals surface area contributed by atoms with Crippen molar-refractivity contribution < 1.29 is 14.3 Å². The van der Waals surface area contributed by atoms with Crippen LogP contribution in [-0.2, 0) is 0 Å². The molecule has 3 heterocycles. The molecule has 0 aliphatic carbocycles. The third-order valence-electron chi connectivity index (χ3n) is 6.11. The highest BCUT2D eigenvalue weighted by Gasteiger charge is 2.31. The lowest BCUT2D eigenvalue weighted by atomic mass is 9.85. The van der Waals surface area contributed by atoms with Crippen molar-refractivity contribution in [2.75, 3.05) is 26.8 Å². The number of hydrogen-bond donors (Lipinski definition) is 1. The van der Waals surface area contributed by atoms with Crippen LogP contribution >= 0.6 is 11.6 Å². The van der Waals surface area contributed by atoms with Crippen LogP contribution in [0, 0.1) is 5.92 Å². The van der Waals surface area contributed by atoms with E-state index in [-0.39, 0.29) is 17.7 Å². The molecule has 0 saturated carbocycles. The number of imidazole rings is 1. The Kier molecular flexibility index (Phi) is 5.13. The lowest BCUT2D eigenvalue weighted by molar-refractivity contribution is 0.0885. The Morgan fingerprint density at radius 1 is 1.23 bits per heavy atom. The van der Waals surface area contributed by atoms with Crippen molar-refractivity contribution in [3.05, 3.63) is 52.8 Å². The average Bonchev–Trinajstić information content (AvgIpc) is 3.18. The molecule has 0 amide bonds. The van der Waals surface area contributed by atoms with Gasteiger partial charge in [-0.2, -0.15) is 0 Å². The Hall–Kier alpha value is -2.57. The van der Waals surface area contributed by atoms with Crippen molar-refractivity contribution in [3.63, 3.8) is 0 Å². The minimum atomic E-state index is 0.0508. The van der Waals surface area contributed by atoms with E-state index >= 15 is 0 Å². The number of piperidine rings is 1. The zero-order chi connectivity index (χ0) is 20.7. The van der Waals surface area contributed by atoms with Gasteiger partial charge in [0.25, 0.3) is 0 Å². The fourth-order valence-electron chi connectivity index (χ4n) is 4.44. The average molecular weight is 426 g/mol. The normalized spacial score (nSPS) is 21.7. The molecule has 2 aromatic carbocycles. The van der Waals surface area contributed by atoms with Gasteiger partial charge in [0.15, 0.2) is 17.3 Å². The summed E-state index contributed by atoms with van der Waals surface area (Å²) < 4.78 is 11.2. The van der Waals surface area contributed by atoms with Crippen molar-refractivity contribution in [2.24, 2.45) is 5.92 Å². The minimum absolute atomic E-state index is 0.0508. The number of nitrogens with zero attached hydrogens (tertiary/aromatic N) is 2. The van der Waals surface area contributed by atoms with Crippen LogP contribution in [0.2, 0.25) is 5.02 Å². The van der Waals surface area contributed by atoms with Gasteiger partial charge in [0, 0.05) is 18.1 Å².